The van der Waals surface area contributed by atoms with E-state index in [4.69, 9.17) is 0 Å². The summed E-state index contributed by atoms with van der Waals surface area (Å²) in [4.78, 5) is 46.6. The van der Waals surface area contributed by atoms with Gasteiger partial charge in [0.05, 0.1) is 5.69 Å². The second-order valence-corrected chi connectivity index (χ2v) is 10.0. The van der Waals surface area contributed by atoms with E-state index in [2.05, 4.69) is 20.5 Å². The largest absolute Gasteiger partial charge is 0.340 e. The van der Waals surface area contributed by atoms with E-state index in [1.54, 1.807) is 19.2 Å². The van der Waals surface area contributed by atoms with Crippen molar-refractivity contribution in [2.75, 3.05) is 36.8 Å². The SMILES string of the molecule is CC(=O)N1CCN(Cc2cnc(NC(=O)Nc3ccc(C)cc3C(=O)C3CCCC3)s2)CC1. The average Bonchev–Trinajstić information content (AvgIpc) is 3.47. The van der Waals surface area contributed by atoms with Crippen LogP contribution in [0.25, 0.3) is 0 Å². The molecular weight excluding hydrogens is 438 g/mol. The first kappa shape index (κ1) is 23.4. The van der Waals surface area contributed by atoms with E-state index in [9.17, 15) is 14.4 Å². The first-order valence-electron chi connectivity index (χ1n) is 11.5. The Morgan fingerprint density at radius 1 is 1.09 bits per heavy atom. The smallest absolute Gasteiger partial charge is 0.325 e. The number of carbonyl (C=O) groups excluding carboxylic acids is 3. The van der Waals surface area contributed by atoms with Crippen molar-refractivity contribution in [2.24, 2.45) is 5.92 Å². The van der Waals surface area contributed by atoms with Crippen molar-refractivity contribution >= 4 is 39.9 Å². The molecule has 0 spiro atoms. The van der Waals surface area contributed by atoms with Gasteiger partial charge in [-0.3, -0.25) is 19.8 Å². The standard InChI is InChI=1S/C24H31N5O3S/c1-16-7-8-21(20(13-16)22(31)18-5-3-4-6-18)26-23(32)27-24-25-14-19(33-24)15-28-9-11-29(12-10-28)17(2)30/h7-8,13-14,18H,3-6,9-12,15H2,1-2H3,(H2,25,26,27,32). The van der Waals surface area contributed by atoms with Crippen LogP contribution < -0.4 is 10.6 Å². The van der Waals surface area contributed by atoms with Gasteiger partial charge in [-0.05, 0) is 31.9 Å². The maximum absolute atomic E-state index is 13.0. The molecule has 0 atom stereocenters. The number of aromatic nitrogens is 1. The van der Waals surface area contributed by atoms with Gasteiger partial charge in [0.2, 0.25) is 5.91 Å². The van der Waals surface area contributed by atoms with Crippen molar-refractivity contribution in [1.82, 2.24) is 14.8 Å². The summed E-state index contributed by atoms with van der Waals surface area (Å²) in [5.74, 6) is 0.286. The number of anilines is 2. The van der Waals surface area contributed by atoms with E-state index in [0.717, 1.165) is 68.8 Å². The topological polar surface area (TPSA) is 94.6 Å². The molecule has 33 heavy (non-hydrogen) atoms. The van der Waals surface area contributed by atoms with Crippen molar-refractivity contribution in [3.8, 4) is 0 Å². The molecule has 9 heteroatoms. The minimum absolute atomic E-state index is 0.0502. The summed E-state index contributed by atoms with van der Waals surface area (Å²) in [7, 11) is 0. The van der Waals surface area contributed by atoms with Gasteiger partial charge in [0.25, 0.3) is 0 Å². The van der Waals surface area contributed by atoms with Gasteiger partial charge in [-0.2, -0.15) is 0 Å². The number of piperazine rings is 1. The van der Waals surface area contributed by atoms with Crippen LogP contribution in [0.4, 0.5) is 15.6 Å². The van der Waals surface area contributed by atoms with Crippen LogP contribution in [0.5, 0.6) is 0 Å². The predicted octanol–water partition coefficient (Wildman–Crippen LogP) is 4.13. The first-order valence-corrected chi connectivity index (χ1v) is 12.4. The maximum atomic E-state index is 13.0. The number of nitrogens with zero attached hydrogens (tertiary/aromatic N) is 3. The predicted molar refractivity (Wildman–Crippen MR) is 130 cm³/mol. The number of Topliss-reactive ketones (excluding diaryl/α,β-unsaturated/α-hetero) is 1. The molecule has 2 heterocycles. The number of hydrogen-bond donors (Lipinski definition) is 2. The van der Waals surface area contributed by atoms with Gasteiger partial charge >= 0.3 is 6.03 Å². The molecule has 2 N–H and O–H groups in total. The molecule has 1 aromatic carbocycles. The average molecular weight is 470 g/mol. The van der Waals surface area contributed by atoms with E-state index in [1.807, 2.05) is 24.0 Å². The van der Waals surface area contributed by atoms with Crippen LogP contribution in [0, 0.1) is 12.8 Å². The zero-order valence-corrected chi connectivity index (χ0v) is 20.0. The second kappa shape index (κ2) is 10.4. The van der Waals surface area contributed by atoms with Crippen LogP contribution in [0.1, 0.15) is 53.4 Å². The molecule has 1 aromatic heterocycles. The third kappa shape index (κ3) is 5.97. The molecule has 176 valence electrons. The fourth-order valence-electron chi connectivity index (χ4n) is 4.51. The Kier molecular flexibility index (Phi) is 7.39. The second-order valence-electron chi connectivity index (χ2n) is 8.89. The number of ketones is 1. The highest BCUT2D eigenvalue weighted by Gasteiger charge is 2.26. The summed E-state index contributed by atoms with van der Waals surface area (Å²) in [5, 5.41) is 6.15. The highest BCUT2D eigenvalue weighted by molar-refractivity contribution is 7.15. The highest BCUT2D eigenvalue weighted by Crippen LogP contribution is 2.31. The van der Waals surface area contributed by atoms with Crippen LogP contribution in [0.2, 0.25) is 0 Å². The van der Waals surface area contributed by atoms with Crippen LogP contribution in [-0.4, -0.2) is 58.7 Å². The fraction of sp³-hybridized carbons (Fsp3) is 0.500. The van der Waals surface area contributed by atoms with E-state index in [-0.39, 0.29) is 17.6 Å². The van der Waals surface area contributed by atoms with Crippen LogP contribution in [0.3, 0.4) is 0 Å². The lowest BCUT2D eigenvalue weighted by atomic mass is 9.94. The number of carbonyl (C=O) groups is 3. The number of benzene rings is 1. The molecule has 1 saturated carbocycles. The Morgan fingerprint density at radius 3 is 2.52 bits per heavy atom. The number of amides is 3. The van der Waals surface area contributed by atoms with Crippen molar-refractivity contribution in [3.63, 3.8) is 0 Å². The van der Waals surface area contributed by atoms with Crippen molar-refractivity contribution in [3.05, 3.63) is 40.4 Å². The van der Waals surface area contributed by atoms with Gasteiger partial charge in [-0.25, -0.2) is 9.78 Å². The minimum atomic E-state index is -0.407. The minimum Gasteiger partial charge on any atom is -0.340 e. The summed E-state index contributed by atoms with van der Waals surface area (Å²) >= 11 is 1.43. The Hall–Kier alpha value is -2.78. The van der Waals surface area contributed by atoms with Crippen molar-refractivity contribution in [1.29, 1.82) is 0 Å². The van der Waals surface area contributed by atoms with Gasteiger partial charge < -0.3 is 10.2 Å². The lowest BCUT2D eigenvalue weighted by molar-refractivity contribution is -0.130. The van der Waals surface area contributed by atoms with E-state index in [1.165, 1.54) is 11.3 Å². The number of urea groups is 1. The van der Waals surface area contributed by atoms with Gasteiger partial charge in [0, 0.05) is 62.2 Å². The third-order valence-electron chi connectivity index (χ3n) is 6.39. The van der Waals surface area contributed by atoms with E-state index >= 15 is 0 Å². The summed E-state index contributed by atoms with van der Waals surface area (Å²) < 4.78 is 0. The first-order chi connectivity index (χ1) is 15.9. The molecule has 2 aliphatic rings. The fourth-order valence-corrected chi connectivity index (χ4v) is 5.36. The van der Waals surface area contributed by atoms with Crippen LogP contribution in [0.15, 0.2) is 24.4 Å². The molecule has 1 aliphatic carbocycles. The van der Waals surface area contributed by atoms with E-state index < -0.39 is 6.03 Å². The number of rotatable bonds is 6. The third-order valence-corrected chi connectivity index (χ3v) is 7.28. The Bertz CT molecular complexity index is 1020. The van der Waals surface area contributed by atoms with Crippen LogP contribution >= 0.6 is 11.3 Å². The molecule has 1 aliphatic heterocycles. The molecule has 2 fully saturated rings. The molecule has 4 rings (SSSR count). The Labute approximate surface area is 198 Å². The molecule has 3 amide bonds. The highest BCUT2D eigenvalue weighted by atomic mass is 32.1. The zero-order valence-electron chi connectivity index (χ0n) is 19.2. The van der Waals surface area contributed by atoms with Crippen LogP contribution in [-0.2, 0) is 11.3 Å². The Morgan fingerprint density at radius 2 is 1.82 bits per heavy atom. The molecule has 1 saturated heterocycles. The summed E-state index contributed by atoms with van der Waals surface area (Å²) in [6, 6.07) is 5.15. The molecule has 0 bridgehead atoms. The van der Waals surface area contributed by atoms with Gasteiger partial charge in [-0.15, -0.1) is 11.3 Å². The quantitative estimate of drug-likeness (QED) is 0.621. The lowest BCUT2D eigenvalue weighted by Crippen LogP contribution is -2.47. The number of thiazole rings is 1. The number of nitrogens with one attached hydrogen (secondary N) is 2. The summed E-state index contributed by atoms with van der Waals surface area (Å²) in [5.41, 5.74) is 2.12. The molecule has 2 aromatic rings. The summed E-state index contributed by atoms with van der Waals surface area (Å²) in [6.45, 7) is 7.42. The normalized spacial score (nSPS) is 17.2. The lowest BCUT2D eigenvalue weighted by Gasteiger charge is -2.33. The van der Waals surface area contributed by atoms with Gasteiger partial charge in [0.1, 0.15) is 0 Å². The molecular formula is C24H31N5O3S. The van der Waals surface area contributed by atoms with Gasteiger partial charge in [0.15, 0.2) is 10.9 Å². The van der Waals surface area contributed by atoms with Crippen molar-refractivity contribution in [2.45, 2.75) is 46.1 Å². The van der Waals surface area contributed by atoms with Crippen molar-refractivity contribution < 1.29 is 14.4 Å². The maximum Gasteiger partial charge on any atom is 0.325 e. The monoisotopic (exact) mass is 469 g/mol. The number of hydrogen-bond acceptors (Lipinski definition) is 6. The number of aryl methyl sites for hydroxylation is 1. The summed E-state index contributed by atoms with van der Waals surface area (Å²) in [6.07, 6.45) is 5.79. The van der Waals surface area contributed by atoms with E-state index in [0.29, 0.717) is 16.4 Å². The molecule has 0 unspecified atom stereocenters. The molecule has 0 radical (unpaired) electrons. The Balaban J connectivity index is 1.34. The van der Waals surface area contributed by atoms with Gasteiger partial charge in [-0.1, -0.05) is 24.5 Å². The zero-order chi connectivity index (χ0) is 23.4. The molecule has 8 nitrogen and oxygen atoms in total.